The van der Waals surface area contributed by atoms with Gasteiger partial charge in [-0.2, -0.15) is 0 Å². The summed E-state index contributed by atoms with van der Waals surface area (Å²) in [7, 11) is 1.46. The molecular formula is C11H11N3O2. The monoisotopic (exact) mass is 217 g/mol. The Bertz CT molecular complexity index is 492. The van der Waals surface area contributed by atoms with E-state index < -0.39 is 0 Å². The number of nitrogens with zero attached hydrogens (tertiary/aromatic N) is 3. The molecule has 82 valence electrons. The first-order valence-corrected chi connectivity index (χ1v) is 4.71. The molecule has 16 heavy (non-hydrogen) atoms. The molecular weight excluding hydrogens is 206 g/mol. The predicted octanol–water partition coefficient (Wildman–Crippen LogP) is 1.44. The van der Waals surface area contributed by atoms with Crippen molar-refractivity contribution in [1.82, 2.24) is 9.55 Å². The highest BCUT2D eigenvalue weighted by molar-refractivity contribution is 6.02. The molecule has 2 rings (SSSR count). The standard InChI is InChI=1S/C11H11N3O2/c1-16-13-11(14-7-6-12-8-14)9-4-2-3-5-10(9)15/h2-8,15H,1H3. The maximum atomic E-state index is 9.74. The number of oxime groups is 1. The predicted molar refractivity (Wildman–Crippen MR) is 59.3 cm³/mol. The Morgan fingerprint density at radius 1 is 1.44 bits per heavy atom. The summed E-state index contributed by atoms with van der Waals surface area (Å²) in [5, 5.41) is 13.6. The van der Waals surface area contributed by atoms with Gasteiger partial charge in [0, 0.05) is 12.4 Å². The van der Waals surface area contributed by atoms with Crippen LogP contribution in [0.15, 0.2) is 48.1 Å². The average molecular weight is 217 g/mol. The van der Waals surface area contributed by atoms with E-state index >= 15 is 0 Å². The van der Waals surface area contributed by atoms with Gasteiger partial charge in [0.15, 0.2) is 5.84 Å². The summed E-state index contributed by atoms with van der Waals surface area (Å²) in [5.74, 6) is 0.630. The van der Waals surface area contributed by atoms with Crippen LogP contribution in [0, 0.1) is 0 Å². The summed E-state index contributed by atoms with van der Waals surface area (Å²) >= 11 is 0. The Morgan fingerprint density at radius 2 is 2.25 bits per heavy atom. The van der Waals surface area contributed by atoms with E-state index in [0.717, 1.165) is 0 Å². The lowest BCUT2D eigenvalue weighted by Crippen LogP contribution is -2.12. The van der Waals surface area contributed by atoms with E-state index in [1.165, 1.54) is 7.11 Å². The lowest BCUT2D eigenvalue weighted by molar-refractivity contribution is 0.212. The fourth-order valence-electron chi connectivity index (χ4n) is 1.37. The Labute approximate surface area is 92.6 Å². The average Bonchev–Trinajstić information content (AvgIpc) is 2.80. The summed E-state index contributed by atoms with van der Waals surface area (Å²) in [6.07, 6.45) is 4.94. The molecule has 2 aromatic rings. The van der Waals surface area contributed by atoms with Crippen LogP contribution in [0.3, 0.4) is 0 Å². The molecule has 0 saturated carbocycles. The van der Waals surface area contributed by atoms with Gasteiger partial charge in [0.05, 0.1) is 5.56 Å². The highest BCUT2D eigenvalue weighted by atomic mass is 16.6. The number of aromatic hydroxyl groups is 1. The fourth-order valence-corrected chi connectivity index (χ4v) is 1.37. The van der Waals surface area contributed by atoms with Gasteiger partial charge in [0.2, 0.25) is 0 Å². The zero-order valence-electron chi connectivity index (χ0n) is 8.74. The molecule has 5 nitrogen and oxygen atoms in total. The summed E-state index contributed by atoms with van der Waals surface area (Å²) in [6.45, 7) is 0. The molecule has 0 unspecified atom stereocenters. The van der Waals surface area contributed by atoms with Crippen LogP contribution in [-0.4, -0.2) is 27.6 Å². The molecule has 0 spiro atoms. The number of benzene rings is 1. The minimum absolute atomic E-state index is 0.145. The largest absolute Gasteiger partial charge is 0.507 e. The molecule has 0 aliphatic heterocycles. The number of hydrogen-bond donors (Lipinski definition) is 1. The summed E-state index contributed by atoms with van der Waals surface area (Å²) in [5.41, 5.74) is 0.586. The van der Waals surface area contributed by atoms with Crippen molar-refractivity contribution in [3.63, 3.8) is 0 Å². The highest BCUT2D eigenvalue weighted by Crippen LogP contribution is 2.17. The molecule has 1 N–H and O–H groups in total. The minimum Gasteiger partial charge on any atom is -0.507 e. The molecule has 0 saturated heterocycles. The van der Waals surface area contributed by atoms with E-state index in [-0.39, 0.29) is 5.75 Å². The lowest BCUT2D eigenvalue weighted by Gasteiger charge is -2.07. The second-order valence-electron chi connectivity index (χ2n) is 3.08. The van der Waals surface area contributed by atoms with Gasteiger partial charge in [0.25, 0.3) is 0 Å². The number of rotatable bonds is 2. The van der Waals surface area contributed by atoms with Crippen molar-refractivity contribution < 1.29 is 9.94 Å². The Balaban J connectivity index is 2.50. The number of para-hydroxylation sites is 1. The molecule has 1 aromatic heterocycles. The van der Waals surface area contributed by atoms with E-state index in [1.807, 2.05) is 6.07 Å². The van der Waals surface area contributed by atoms with Gasteiger partial charge < -0.3 is 9.94 Å². The fraction of sp³-hybridized carbons (Fsp3) is 0.0909. The maximum Gasteiger partial charge on any atom is 0.188 e. The number of phenolic OH excluding ortho intramolecular Hbond substituents is 1. The van der Waals surface area contributed by atoms with Crippen molar-refractivity contribution in [2.24, 2.45) is 5.16 Å². The van der Waals surface area contributed by atoms with Crippen LogP contribution >= 0.6 is 0 Å². The third-order valence-electron chi connectivity index (χ3n) is 2.07. The van der Waals surface area contributed by atoms with Crippen LogP contribution in [0.4, 0.5) is 0 Å². The summed E-state index contributed by atoms with van der Waals surface area (Å²) in [4.78, 5) is 8.69. The van der Waals surface area contributed by atoms with Gasteiger partial charge in [-0.3, -0.25) is 4.57 Å². The molecule has 1 aromatic carbocycles. The summed E-state index contributed by atoms with van der Waals surface area (Å²) in [6, 6.07) is 6.92. The van der Waals surface area contributed by atoms with Crippen LogP contribution in [0.25, 0.3) is 0 Å². The quantitative estimate of drug-likeness (QED) is 0.470. The van der Waals surface area contributed by atoms with E-state index in [1.54, 1.807) is 41.5 Å². The van der Waals surface area contributed by atoms with E-state index in [4.69, 9.17) is 4.84 Å². The molecule has 0 atom stereocenters. The molecule has 0 amide bonds. The molecule has 0 aliphatic carbocycles. The van der Waals surface area contributed by atoms with Crippen LogP contribution < -0.4 is 0 Å². The number of aromatic nitrogens is 2. The third kappa shape index (κ3) is 1.88. The number of phenols is 1. The van der Waals surface area contributed by atoms with E-state index in [0.29, 0.717) is 11.4 Å². The minimum atomic E-state index is 0.145. The van der Waals surface area contributed by atoms with Gasteiger partial charge in [-0.1, -0.05) is 17.3 Å². The smallest absolute Gasteiger partial charge is 0.188 e. The third-order valence-corrected chi connectivity index (χ3v) is 2.07. The molecule has 1 heterocycles. The Kier molecular flexibility index (Phi) is 2.86. The van der Waals surface area contributed by atoms with Crippen LogP contribution in [0.1, 0.15) is 5.56 Å². The first kappa shape index (κ1) is 10.2. The normalized spacial score (nSPS) is 11.4. The lowest BCUT2D eigenvalue weighted by atomic mass is 10.2. The van der Waals surface area contributed by atoms with Crippen LogP contribution in [-0.2, 0) is 4.84 Å². The van der Waals surface area contributed by atoms with Crippen molar-refractivity contribution in [3.05, 3.63) is 48.5 Å². The SMILES string of the molecule is CON=C(c1ccccc1O)n1ccnc1. The van der Waals surface area contributed by atoms with Crippen molar-refractivity contribution >= 4 is 5.84 Å². The van der Waals surface area contributed by atoms with Gasteiger partial charge in [-0.15, -0.1) is 0 Å². The van der Waals surface area contributed by atoms with Gasteiger partial charge in [-0.05, 0) is 12.1 Å². The zero-order valence-corrected chi connectivity index (χ0v) is 8.74. The number of hydrogen-bond acceptors (Lipinski definition) is 4. The Hall–Kier alpha value is -2.30. The molecule has 0 bridgehead atoms. The molecule has 0 fully saturated rings. The summed E-state index contributed by atoms with van der Waals surface area (Å²) < 4.78 is 1.67. The first-order chi connectivity index (χ1) is 7.83. The van der Waals surface area contributed by atoms with Crippen molar-refractivity contribution in [2.45, 2.75) is 0 Å². The molecule has 5 heteroatoms. The van der Waals surface area contributed by atoms with E-state index in [9.17, 15) is 5.11 Å². The second kappa shape index (κ2) is 4.48. The zero-order chi connectivity index (χ0) is 11.4. The van der Waals surface area contributed by atoms with Gasteiger partial charge in [-0.25, -0.2) is 4.98 Å². The highest BCUT2D eigenvalue weighted by Gasteiger charge is 2.10. The van der Waals surface area contributed by atoms with Crippen LogP contribution in [0.5, 0.6) is 5.75 Å². The van der Waals surface area contributed by atoms with Gasteiger partial charge in [0.1, 0.15) is 19.2 Å². The maximum absolute atomic E-state index is 9.74. The number of imidazole rings is 1. The van der Waals surface area contributed by atoms with Crippen LogP contribution in [0.2, 0.25) is 0 Å². The van der Waals surface area contributed by atoms with Crippen molar-refractivity contribution in [1.29, 1.82) is 0 Å². The first-order valence-electron chi connectivity index (χ1n) is 4.71. The topological polar surface area (TPSA) is 59.6 Å². The van der Waals surface area contributed by atoms with Crippen molar-refractivity contribution in [2.75, 3.05) is 7.11 Å². The van der Waals surface area contributed by atoms with E-state index in [2.05, 4.69) is 10.1 Å². The van der Waals surface area contributed by atoms with Crippen molar-refractivity contribution in [3.8, 4) is 5.75 Å². The Morgan fingerprint density at radius 3 is 2.88 bits per heavy atom. The van der Waals surface area contributed by atoms with Gasteiger partial charge >= 0.3 is 0 Å². The second-order valence-corrected chi connectivity index (χ2v) is 3.08. The molecule has 0 aliphatic rings. The molecule has 0 radical (unpaired) electrons.